The number of nitrogens with zero attached hydrogens (tertiary/aromatic N) is 4. The minimum atomic E-state index is -3.24. The van der Waals surface area contributed by atoms with E-state index in [4.69, 9.17) is 4.98 Å². The molecule has 3 saturated heterocycles. The van der Waals surface area contributed by atoms with E-state index in [2.05, 4.69) is 20.5 Å². The molecular weight excluding hydrogens is 474 g/mol. The second-order valence-electron chi connectivity index (χ2n) is 11.0. The Hall–Kier alpha value is -2.11. The van der Waals surface area contributed by atoms with Gasteiger partial charge in [-0.25, -0.2) is 31.5 Å². The summed E-state index contributed by atoms with van der Waals surface area (Å²) in [5, 5.41) is 7.38. The number of halogens is 2. The minimum absolute atomic E-state index is 0.0137. The molecule has 1 aromatic heterocycles. The van der Waals surface area contributed by atoms with Gasteiger partial charge in [0.05, 0.1) is 16.0 Å². The van der Waals surface area contributed by atoms with Crippen molar-refractivity contribution in [2.75, 3.05) is 49.5 Å². The van der Waals surface area contributed by atoms with Crippen molar-refractivity contribution < 1.29 is 17.2 Å². The summed E-state index contributed by atoms with van der Waals surface area (Å²) in [4.78, 5) is 11.3. The molecule has 4 heterocycles. The van der Waals surface area contributed by atoms with Gasteiger partial charge in [0, 0.05) is 61.3 Å². The molecule has 3 aliphatic heterocycles. The molecule has 1 aliphatic carbocycles. The maximum atomic E-state index is 13.6. The summed E-state index contributed by atoms with van der Waals surface area (Å²) in [5.74, 6) is 0.455. The highest BCUT2D eigenvalue weighted by molar-refractivity contribution is 7.90. The van der Waals surface area contributed by atoms with Gasteiger partial charge in [0.15, 0.2) is 0 Å². The predicted molar refractivity (Wildman–Crippen MR) is 131 cm³/mol. The zero-order valence-corrected chi connectivity index (χ0v) is 20.8. The molecule has 0 amide bonds. The van der Waals surface area contributed by atoms with E-state index in [9.17, 15) is 17.2 Å². The fourth-order valence-corrected chi connectivity index (χ4v) is 7.69. The van der Waals surface area contributed by atoms with Gasteiger partial charge in [0.1, 0.15) is 0 Å². The Labute approximate surface area is 204 Å². The van der Waals surface area contributed by atoms with Crippen molar-refractivity contribution in [3.05, 3.63) is 23.9 Å². The first-order chi connectivity index (χ1) is 16.7. The van der Waals surface area contributed by atoms with Crippen LogP contribution in [-0.2, 0) is 10.0 Å². The number of hydrogen-bond donors (Lipinski definition) is 2. The second-order valence-corrected chi connectivity index (χ2v) is 13.5. The number of rotatable bonds is 6. The molecule has 8 nitrogen and oxygen atoms in total. The highest BCUT2D eigenvalue weighted by Crippen LogP contribution is 2.45. The maximum Gasteiger partial charge on any atom is 0.263 e. The van der Waals surface area contributed by atoms with Gasteiger partial charge in [-0.05, 0) is 57.7 Å². The van der Waals surface area contributed by atoms with Crippen LogP contribution in [0.4, 0.5) is 20.4 Å². The lowest BCUT2D eigenvalue weighted by molar-refractivity contribution is 0.151. The zero-order chi connectivity index (χ0) is 24.4. The minimum Gasteiger partial charge on any atom is -0.368 e. The summed E-state index contributed by atoms with van der Waals surface area (Å²) in [5.41, 5.74) is 1.63. The van der Waals surface area contributed by atoms with Gasteiger partial charge >= 0.3 is 0 Å². The van der Waals surface area contributed by atoms with Crippen LogP contribution in [0.25, 0.3) is 10.9 Å². The summed E-state index contributed by atoms with van der Waals surface area (Å²) in [6, 6.07) is 3.11. The van der Waals surface area contributed by atoms with Crippen molar-refractivity contribution in [3.8, 4) is 0 Å². The molecule has 1 spiro atoms. The van der Waals surface area contributed by atoms with Crippen molar-refractivity contribution >= 4 is 32.6 Å². The quantitative estimate of drug-likeness (QED) is 0.622. The number of aromatic nitrogens is 2. The molecule has 4 fully saturated rings. The lowest BCUT2D eigenvalue weighted by atomic mass is 9.78. The molecule has 190 valence electrons. The average molecular weight is 507 g/mol. The molecule has 0 bridgehead atoms. The third kappa shape index (κ3) is 4.05. The third-order valence-electron chi connectivity index (χ3n) is 8.37. The average Bonchev–Trinajstić information content (AvgIpc) is 3.39. The topological polar surface area (TPSA) is 90.5 Å². The molecule has 11 heteroatoms. The van der Waals surface area contributed by atoms with E-state index >= 15 is 0 Å². The van der Waals surface area contributed by atoms with Gasteiger partial charge in [-0.1, -0.05) is 0 Å². The van der Waals surface area contributed by atoms with Gasteiger partial charge < -0.3 is 15.5 Å². The number of sulfonamides is 1. The van der Waals surface area contributed by atoms with E-state index in [1.807, 2.05) is 6.92 Å². The summed E-state index contributed by atoms with van der Waals surface area (Å²) in [6.45, 7) is 6.43. The first kappa shape index (κ1) is 23.3. The molecule has 35 heavy (non-hydrogen) atoms. The molecule has 0 atom stereocenters. The van der Waals surface area contributed by atoms with Crippen LogP contribution >= 0.6 is 0 Å². The highest BCUT2D eigenvalue weighted by atomic mass is 32.2. The fraction of sp³-hybridized carbons (Fsp3) is 0.667. The van der Waals surface area contributed by atoms with Crippen molar-refractivity contribution in [3.63, 3.8) is 0 Å². The molecule has 0 radical (unpaired) electrons. The molecule has 0 unspecified atom stereocenters. The Morgan fingerprint density at radius 1 is 1.17 bits per heavy atom. The zero-order valence-electron chi connectivity index (χ0n) is 19.9. The number of hydrogen-bond acceptors (Lipinski definition) is 7. The van der Waals surface area contributed by atoms with Gasteiger partial charge in [-0.15, -0.1) is 0 Å². The summed E-state index contributed by atoms with van der Waals surface area (Å²) >= 11 is 0. The van der Waals surface area contributed by atoms with Crippen LogP contribution in [0.1, 0.15) is 51.0 Å². The molecule has 6 rings (SSSR count). The number of benzene rings is 1. The third-order valence-corrected chi connectivity index (χ3v) is 11.1. The SMILES string of the molecule is CC1(S(=O)(=O)N2CCC(Nc3ncc4cc(C(F)F)cc(N5CC6(CCNC6)C5)c4n3)CC2)CC1. The van der Waals surface area contributed by atoms with Crippen molar-refractivity contribution in [2.45, 2.75) is 56.2 Å². The Morgan fingerprint density at radius 2 is 1.91 bits per heavy atom. The van der Waals surface area contributed by atoms with Crippen molar-refractivity contribution in [1.29, 1.82) is 0 Å². The van der Waals surface area contributed by atoms with Gasteiger partial charge in [-0.2, -0.15) is 0 Å². The second kappa shape index (κ2) is 8.21. The lowest BCUT2D eigenvalue weighted by Gasteiger charge is -2.49. The van der Waals surface area contributed by atoms with E-state index in [1.54, 1.807) is 16.6 Å². The monoisotopic (exact) mass is 506 g/mol. The molecular formula is C24H32F2N6O2S. The standard InChI is InChI=1S/C24H32F2N6O2S/c1-23(4-5-23)35(33,34)32-8-2-18(3-9-32)29-22-28-12-17-10-16(21(25)26)11-19(20(17)30-22)31-14-24(15-31)6-7-27-13-24/h10-12,18,21,27H,2-9,13-15H2,1H3,(H,28,29,30). The molecule has 1 saturated carbocycles. The largest absolute Gasteiger partial charge is 0.368 e. The highest BCUT2D eigenvalue weighted by Gasteiger charge is 2.53. The predicted octanol–water partition coefficient (Wildman–Crippen LogP) is 3.13. The number of anilines is 2. The summed E-state index contributed by atoms with van der Waals surface area (Å²) in [6.07, 6.45) is 2.99. The van der Waals surface area contributed by atoms with Crippen LogP contribution in [0, 0.1) is 5.41 Å². The van der Waals surface area contributed by atoms with Gasteiger partial charge in [0.2, 0.25) is 16.0 Å². The van der Waals surface area contributed by atoms with E-state index in [-0.39, 0.29) is 17.0 Å². The number of piperidine rings is 1. The number of nitrogens with one attached hydrogen (secondary N) is 2. The maximum absolute atomic E-state index is 13.6. The smallest absolute Gasteiger partial charge is 0.263 e. The Balaban J connectivity index is 1.20. The normalized spacial score (nSPS) is 24.3. The van der Waals surface area contributed by atoms with E-state index in [0.29, 0.717) is 42.8 Å². The van der Waals surface area contributed by atoms with Crippen LogP contribution in [0.3, 0.4) is 0 Å². The van der Waals surface area contributed by atoms with Crippen LogP contribution in [0.2, 0.25) is 0 Å². The molecule has 4 aliphatic rings. The summed E-state index contributed by atoms with van der Waals surface area (Å²) in [7, 11) is -3.24. The van der Waals surface area contributed by atoms with Crippen LogP contribution in [0.15, 0.2) is 18.3 Å². The first-order valence-electron chi connectivity index (χ1n) is 12.5. The Kier molecular flexibility index (Phi) is 5.46. The lowest BCUT2D eigenvalue weighted by Crippen LogP contribution is -2.57. The van der Waals surface area contributed by atoms with Crippen LogP contribution in [-0.4, -0.2) is 72.7 Å². The van der Waals surface area contributed by atoms with E-state index in [0.717, 1.165) is 51.1 Å². The van der Waals surface area contributed by atoms with Crippen LogP contribution < -0.4 is 15.5 Å². The van der Waals surface area contributed by atoms with Crippen LogP contribution in [0.5, 0.6) is 0 Å². The molecule has 2 N–H and O–H groups in total. The van der Waals surface area contributed by atoms with Gasteiger partial charge in [0.25, 0.3) is 6.43 Å². The van der Waals surface area contributed by atoms with E-state index < -0.39 is 21.2 Å². The number of alkyl halides is 2. The van der Waals surface area contributed by atoms with Crippen molar-refractivity contribution in [2.24, 2.45) is 5.41 Å². The van der Waals surface area contributed by atoms with E-state index in [1.165, 1.54) is 6.07 Å². The number of fused-ring (bicyclic) bond motifs is 1. The molecule has 1 aromatic carbocycles. The first-order valence-corrected chi connectivity index (χ1v) is 13.9. The Bertz CT molecular complexity index is 1230. The van der Waals surface area contributed by atoms with Gasteiger partial charge in [-0.3, -0.25) is 0 Å². The summed E-state index contributed by atoms with van der Waals surface area (Å²) < 4.78 is 53.9. The molecule has 2 aromatic rings. The Morgan fingerprint density at radius 3 is 2.54 bits per heavy atom. The van der Waals surface area contributed by atoms with Crippen molar-refractivity contribution in [1.82, 2.24) is 19.6 Å². The fourth-order valence-electron chi connectivity index (χ4n) is 5.75.